The normalized spacial score (nSPS) is 24.3. The Balaban J connectivity index is 1.50. The molecule has 1 aliphatic heterocycles. The van der Waals surface area contributed by atoms with Crippen molar-refractivity contribution in [2.24, 2.45) is 17.8 Å². The molecule has 2 atom stereocenters. The molecular formula is C20H27NO4. The molecule has 0 bridgehead atoms. The van der Waals surface area contributed by atoms with E-state index in [0.29, 0.717) is 18.8 Å². The first kappa shape index (κ1) is 17.8. The average Bonchev–Trinajstić information content (AvgIpc) is 3.13. The quantitative estimate of drug-likeness (QED) is 0.891. The summed E-state index contributed by atoms with van der Waals surface area (Å²) in [6.45, 7) is 1.57. The Morgan fingerprint density at radius 2 is 1.80 bits per heavy atom. The van der Waals surface area contributed by atoms with E-state index < -0.39 is 5.97 Å². The number of carboxylic acids is 1. The van der Waals surface area contributed by atoms with Crippen LogP contribution in [0.25, 0.3) is 0 Å². The maximum absolute atomic E-state index is 12.6. The fraction of sp³-hybridized carbons (Fsp3) is 0.600. The van der Waals surface area contributed by atoms with Gasteiger partial charge in [-0.25, -0.2) is 0 Å². The molecule has 0 radical (unpaired) electrons. The van der Waals surface area contributed by atoms with Gasteiger partial charge in [-0.15, -0.1) is 0 Å². The molecule has 0 aromatic heterocycles. The van der Waals surface area contributed by atoms with Crippen molar-refractivity contribution in [3.05, 3.63) is 29.8 Å². The molecule has 1 aliphatic carbocycles. The average molecular weight is 345 g/mol. The molecule has 1 amide bonds. The Hall–Kier alpha value is -2.04. The highest BCUT2D eigenvalue weighted by atomic mass is 16.5. The fourth-order valence-electron chi connectivity index (χ4n) is 4.23. The number of para-hydroxylation sites is 1. The number of likely N-dealkylation sites (tertiary alicyclic amines) is 1. The molecule has 1 aromatic carbocycles. The van der Waals surface area contributed by atoms with Crippen LogP contribution in [0.2, 0.25) is 0 Å². The molecule has 3 rings (SSSR count). The van der Waals surface area contributed by atoms with E-state index in [9.17, 15) is 9.59 Å². The number of carbonyl (C=O) groups is 2. The van der Waals surface area contributed by atoms with Crippen molar-refractivity contribution >= 4 is 11.9 Å². The van der Waals surface area contributed by atoms with Gasteiger partial charge in [-0.1, -0.05) is 18.2 Å². The van der Waals surface area contributed by atoms with Gasteiger partial charge in [0.1, 0.15) is 5.75 Å². The highest BCUT2D eigenvalue weighted by molar-refractivity contribution is 5.81. The molecule has 2 aliphatic rings. The van der Waals surface area contributed by atoms with Crippen LogP contribution in [0.3, 0.4) is 0 Å². The van der Waals surface area contributed by atoms with Crippen molar-refractivity contribution in [3.8, 4) is 5.75 Å². The van der Waals surface area contributed by atoms with Gasteiger partial charge in [0.15, 0.2) is 0 Å². The van der Waals surface area contributed by atoms with E-state index in [1.54, 1.807) is 7.11 Å². The van der Waals surface area contributed by atoms with E-state index in [-0.39, 0.29) is 17.7 Å². The number of amides is 1. The second-order valence-electron chi connectivity index (χ2n) is 7.33. The number of carboxylic acid groups (broad SMARTS) is 1. The van der Waals surface area contributed by atoms with Crippen molar-refractivity contribution in [1.29, 1.82) is 0 Å². The summed E-state index contributed by atoms with van der Waals surface area (Å²) >= 11 is 0. The molecule has 1 N–H and O–H groups in total. The predicted octanol–water partition coefficient (Wildman–Crippen LogP) is 2.98. The van der Waals surface area contributed by atoms with Crippen LogP contribution in [-0.4, -0.2) is 42.1 Å². The zero-order valence-corrected chi connectivity index (χ0v) is 14.8. The largest absolute Gasteiger partial charge is 0.496 e. The van der Waals surface area contributed by atoms with Gasteiger partial charge in [0.25, 0.3) is 0 Å². The Morgan fingerprint density at radius 1 is 1.12 bits per heavy atom. The third-order valence-corrected chi connectivity index (χ3v) is 5.76. The lowest BCUT2D eigenvalue weighted by atomic mass is 9.89. The number of ether oxygens (including phenoxy) is 1. The number of nitrogens with zero attached hydrogens (tertiary/aromatic N) is 1. The number of rotatable bonds is 5. The van der Waals surface area contributed by atoms with Crippen LogP contribution < -0.4 is 4.74 Å². The summed E-state index contributed by atoms with van der Waals surface area (Å²) in [5, 5.41) is 9.11. The third-order valence-electron chi connectivity index (χ3n) is 5.76. The summed E-state index contributed by atoms with van der Waals surface area (Å²) in [6, 6.07) is 8.12. The van der Waals surface area contributed by atoms with Gasteiger partial charge in [0, 0.05) is 19.0 Å². The van der Waals surface area contributed by atoms with E-state index in [4.69, 9.17) is 9.84 Å². The molecule has 1 saturated heterocycles. The second kappa shape index (κ2) is 7.89. The minimum Gasteiger partial charge on any atom is -0.496 e. The minimum atomic E-state index is -0.759. The van der Waals surface area contributed by atoms with E-state index in [1.165, 1.54) is 5.56 Å². The zero-order valence-electron chi connectivity index (χ0n) is 14.8. The lowest BCUT2D eigenvalue weighted by Gasteiger charge is -2.34. The summed E-state index contributed by atoms with van der Waals surface area (Å²) in [6.07, 6.45) is 4.84. The third kappa shape index (κ3) is 4.14. The van der Waals surface area contributed by atoms with Gasteiger partial charge in [-0.2, -0.15) is 0 Å². The molecule has 25 heavy (non-hydrogen) atoms. The summed E-state index contributed by atoms with van der Waals surface area (Å²) in [7, 11) is 1.70. The Kier molecular flexibility index (Phi) is 5.61. The molecule has 0 spiro atoms. The minimum absolute atomic E-state index is 0.0909. The van der Waals surface area contributed by atoms with Gasteiger partial charge in [-0.3, -0.25) is 9.59 Å². The predicted molar refractivity (Wildman–Crippen MR) is 94.5 cm³/mol. The monoisotopic (exact) mass is 345 g/mol. The van der Waals surface area contributed by atoms with Gasteiger partial charge >= 0.3 is 5.97 Å². The molecule has 1 aromatic rings. The van der Waals surface area contributed by atoms with Crippen molar-refractivity contribution in [2.45, 2.75) is 38.5 Å². The van der Waals surface area contributed by atoms with Crippen LogP contribution in [0.4, 0.5) is 0 Å². The molecule has 1 saturated carbocycles. The summed E-state index contributed by atoms with van der Waals surface area (Å²) < 4.78 is 5.43. The van der Waals surface area contributed by atoms with Crippen molar-refractivity contribution in [1.82, 2.24) is 4.90 Å². The SMILES string of the molecule is COc1ccccc1CC1CCN(C(=O)[C@@H]2CC[C@H](C(=O)O)C2)CC1. The van der Waals surface area contributed by atoms with E-state index >= 15 is 0 Å². The van der Waals surface area contributed by atoms with Crippen molar-refractivity contribution in [3.63, 3.8) is 0 Å². The summed E-state index contributed by atoms with van der Waals surface area (Å²) in [4.78, 5) is 25.7. The number of methoxy groups -OCH3 is 1. The van der Waals surface area contributed by atoms with Crippen LogP contribution in [0.15, 0.2) is 24.3 Å². The van der Waals surface area contributed by atoms with Crippen LogP contribution in [0.5, 0.6) is 5.75 Å². The standard InChI is InChI=1S/C20H27NO4/c1-25-18-5-3-2-4-15(18)12-14-8-10-21(11-9-14)19(22)16-6-7-17(13-16)20(23)24/h2-5,14,16-17H,6-13H2,1H3,(H,23,24)/t16-,17+/m1/s1. The Morgan fingerprint density at radius 3 is 2.44 bits per heavy atom. The lowest BCUT2D eigenvalue weighted by Crippen LogP contribution is -2.41. The Bertz CT molecular complexity index is 622. The number of aliphatic carboxylic acids is 1. The number of piperidine rings is 1. The number of hydrogen-bond acceptors (Lipinski definition) is 3. The Labute approximate surface area is 149 Å². The van der Waals surface area contributed by atoms with Crippen LogP contribution in [0.1, 0.15) is 37.7 Å². The number of carbonyl (C=O) groups excluding carboxylic acids is 1. The maximum Gasteiger partial charge on any atom is 0.306 e. The van der Waals surface area contributed by atoms with Crippen LogP contribution in [0, 0.1) is 17.8 Å². The van der Waals surface area contributed by atoms with Crippen LogP contribution >= 0.6 is 0 Å². The number of hydrogen-bond donors (Lipinski definition) is 1. The van der Waals surface area contributed by atoms with E-state index in [0.717, 1.165) is 44.5 Å². The first-order chi connectivity index (χ1) is 12.1. The molecule has 136 valence electrons. The lowest BCUT2D eigenvalue weighted by molar-refractivity contribution is -0.141. The summed E-state index contributed by atoms with van der Waals surface area (Å²) in [5.41, 5.74) is 1.23. The summed E-state index contributed by atoms with van der Waals surface area (Å²) in [5.74, 6) is 0.483. The van der Waals surface area contributed by atoms with Gasteiger partial charge < -0.3 is 14.7 Å². The zero-order chi connectivity index (χ0) is 17.8. The van der Waals surface area contributed by atoms with Gasteiger partial charge in [-0.05, 0) is 56.1 Å². The topological polar surface area (TPSA) is 66.8 Å². The smallest absolute Gasteiger partial charge is 0.306 e. The molecule has 0 unspecified atom stereocenters. The molecule has 1 heterocycles. The van der Waals surface area contributed by atoms with Gasteiger partial charge in [0.2, 0.25) is 5.91 Å². The number of benzene rings is 1. The van der Waals surface area contributed by atoms with Crippen molar-refractivity contribution < 1.29 is 19.4 Å². The van der Waals surface area contributed by atoms with Gasteiger partial charge in [0.05, 0.1) is 13.0 Å². The highest BCUT2D eigenvalue weighted by Gasteiger charge is 2.36. The fourth-order valence-corrected chi connectivity index (χ4v) is 4.23. The first-order valence-corrected chi connectivity index (χ1v) is 9.22. The van der Waals surface area contributed by atoms with E-state index in [2.05, 4.69) is 6.07 Å². The molecule has 5 heteroatoms. The second-order valence-corrected chi connectivity index (χ2v) is 7.33. The van der Waals surface area contributed by atoms with Crippen LogP contribution in [-0.2, 0) is 16.0 Å². The van der Waals surface area contributed by atoms with Crippen molar-refractivity contribution in [2.75, 3.05) is 20.2 Å². The molecule has 5 nitrogen and oxygen atoms in total. The maximum atomic E-state index is 12.6. The highest BCUT2D eigenvalue weighted by Crippen LogP contribution is 2.34. The first-order valence-electron chi connectivity index (χ1n) is 9.22. The van der Waals surface area contributed by atoms with E-state index in [1.807, 2.05) is 23.1 Å². The molecular weight excluding hydrogens is 318 g/mol. The molecule has 2 fully saturated rings.